The first-order chi connectivity index (χ1) is 8.38. The number of carbonyl (C=O) groups is 1. The van der Waals surface area contributed by atoms with Gasteiger partial charge in [-0.15, -0.1) is 0 Å². The van der Waals surface area contributed by atoms with Crippen LogP contribution in [0.5, 0.6) is 0 Å². The Balaban J connectivity index is 3.48. The molecule has 0 spiro atoms. The molecule has 1 atom stereocenters. The second-order valence-corrected chi connectivity index (χ2v) is 4.25. The summed E-state index contributed by atoms with van der Waals surface area (Å²) in [7, 11) is 0. The number of hydrogen-bond donors (Lipinski definition) is 1. The van der Waals surface area contributed by atoms with Gasteiger partial charge in [0.2, 0.25) is 0 Å². The number of aliphatic hydroxyl groups excluding tert-OH is 1. The van der Waals surface area contributed by atoms with Crippen LogP contribution in [0, 0.1) is 0 Å². The van der Waals surface area contributed by atoms with Crippen LogP contribution in [-0.4, -0.2) is 30.0 Å². The summed E-state index contributed by atoms with van der Waals surface area (Å²) in [5.41, 5.74) is 0. The Morgan fingerprint density at radius 1 is 1.17 bits per heavy atom. The molecule has 0 aliphatic rings. The molecule has 1 N–H and O–H groups in total. The van der Waals surface area contributed by atoms with Gasteiger partial charge in [-0.1, -0.05) is 39.0 Å². The van der Waals surface area contributed by atoms with E-state index in [1.807, 2.05) is 0 Å². The fourth-order valence-electron chi connectivity index (χ4n) is 1.40. The van der Waals surface area contributed by atoms with Crippen LogP contribution in [0.1, 0.15) is 51.9 Å². The van der Waals surface area contributed by atoms with Crippen molar-refractivity contribution in [3.05, 3.63) is 0 Å². The summed E-state index contributed by atoms with van der Waals surface area (Å²) in [5.74, 6) is -1.01. The summed E-state index contributed by atoms with van der Waals surface area (Å²) in [6, 6.07) is 0. The van der Waals surface area contributed by atoms with Gasteiger partial charge in [0.15, 0.2) is 6.10 Å². The van der Waals surface area contributed by atoms with Crippen LogP contribution in [0.2, 0.25) is 0 Å². The number of hydrogen-bond acceptors (Lipinski definition) is 3. The molecule has 0 rings (SSSR count). The van der Waals surface area contributed by atoms with Crippen molar-refractivity contribution in [3.63, 3.8) is 0 Å². The molecule has 0 aromatic rings. The summed E-state index contributed by atoms with van der Waals surface area (Å²) in [6.45, 7) is 2.23. The van der Waals surface area contributed by atoms with Crippen molar-refractivity contribution in [3.8, 4) is 0 Å². The fourth-order valence-corrected chi connectivity index (χ4v) is 1.40. The van der Waals surface area contributed by atoms with Crippen LogP contribution in [0.4, 0.5) is 13.2 Å². The molecule has 0 bridgehead atoms. The predicted molar refractivity (Wildman–Crippen MR) is 61.0 cm³/mol. The number of alkyl halides is 3. The van der Waals surface area contributed by atoms with Gasteiger partial charge in [-0.3, -0.25) is 4.79 Å². The molecular formula is C12H21F3O3. The van der Waals surface area contributed by atoms with E-state index in [-0.39, 0.29) is 6.61 Å². The summed E-state index contributed by atoms with van der Waals surface area (Å²) < 4.78 is 40.4. The highest BCUT2D eigenvalue weighted by Crippen LogP contribution is 2.22. The summed E-state index contributed by atoms with van der Waals surface area (Å²) in [5, 5.41) is 8.63. The van der Waals surface area contributed by atoms with Crippen LogP contribution in [0.25, 0.3) is 0 Å². The molecular weight excluding hydrogens is 249 g/mol. The van der Waals surface area contributed by atoms with Crippen molar-refractivity contribution in [2.24, 2.45) is 0 Å². The van der Waals surface area contributed by atoms with Crippen molar-refractivity contribution in [2.45, 2.75) is 64.1 Å². The topological polar surface area (TPSA) is 46.5 Å². The van der Waals surface area contributed by atoms with Gasteiger partial charge in [0, 0.05) is 0 Å². The average molecular weight is 270 g/mol. The first-order valence-electron chi connectivity index (χ1n) is 6.28. The lowest BCUT2D eigenvalue weighted by atomic mass is 10.1. The molecule has 0 heterocycles. The third kappa shape index (κ3) is 9.27. The SMILES string of the molecule is CCCCCCCCOC(=O)CC(O)C(F)(F)F. The molecule has 18 heavy (non-hydrogen) atoms. The molecule has 3 nitrogen and oxygen atoms in total. The lowest BCUT2D eigenvalue weighted by molar-refractivity contribution is -0.209. The monoisotopic (exact) mass is 270 g/mol. The first kappa shape index (κ1) is 17.2. The van der Waals surface area contributed by atoms with Crippen LogP contribution >= 0.6 is 0 Å². The van der Waals surface area contributed by atoms with Crippen LogP contribution in [-0.2, 0) is 9.53 Å². The lowest BCUT2D eigenvalue weighted by Gasteiger charge is -2.13. The molecule has 0 saturated carbocycles. The van der Waals surface area contributed by atoms with Crippen molar-refractivity contribution < 1.29 is 27.8 Å². The van der Waals surface area contributed by atoms with Crippen LogP contribution in [0.15, 0.2) is 0 Å². The predicted octanol–water partition coefficient (Wildman–Crippen LogP) is 3.20. The van der Waals surface area contributed by atoms with E-state index < -0.39 is 24.7 Å². The Labute approximate surface area is 105 Å². The van der Waals surface area contributed by atoms with E-state index in [2.05, 4.69) is 11.7 Å². The zero-order valence-corrected chi connectivity index (χ0v) is 10.6. The number of carbonyl (C=O) groups excluding carboxylic acids is 1. The number of aliphatic hydroxyl groups is 1. The first-order valence-corrected chi connectivity index (χ1v) is 6.28. The minimum atomic E-state index is -4.76. The zero-order chi connectivity index (χ0) is 14.0. The summed E-state index contributed by atoms with van der Waals surface area (Å²) >= 11 is 0. The van der Waals surface area contributed by atoms with E-state index in [0.717, 1.165) is 32.1 Å². The molecule has 0 aliphatic heterocycles. The molecule has 0 radical (unpaired) electrons. The van der Waals surface area contributed by atoms with Gasteiger partial charge in [-0.25, -0.2) is 0 Å². The van der Waals surface area contributed by atoms with Gasteiger partial charge >= 0.3 is 12.1 Å². The molecule has 1 unspecified atom stereocenters. The third-order valence-corrected chi connectivity index (χ3v) is 2.50. The fraction of sp³-hybridized carbons (Fsp3) is 0.917. The summed E-state index contributed by atoms with van der Waals surface area (Å²) in [6.07, 6.45) is -2.41. The van der Waals surface area contributed by atoms with E-state index in [0.29, 0.717) is 6.42 Å². The number of rotatable bonds is 9. The van der Waals surface area contributed by atoms with E-state index >= 15 is 0 Å². The van der Waals surface area contributed by atoms with E-state index in [9.17, 15) is 18.0 Å². The minimum Gasteiger partial charge on any atom is -0.466 e. The van der Waals surface area contributed by atoms with Crippen molar-refractivity contribution in [1.82, 2.24) is 0 Å². The van der Waals surface area contributed by atoms with Crippen molar-refractivity contribution in [1.29, 1.82) is 0 Å². The van der Waals surface area contributed by atoms with Crippen LogP contribution in [0.3, 0.4) is 0 Å². The molecule has 0 aromatic heterocycles. The lowest BCUT2D eigenvalue weighted by Crippen LogP contribution is -2.31. The van der Waals surface area contributed by atoms with Crippen molar-refractivity contribution in [2.75, 3.05) is 6.61 Å². The molecule has 0 aliphatic carbocycles. The van der Waals surface area contributed by atoms with E-state index in [1.54, 1.807) is 0 Å². The van der Waals surface area contributed by atoms with Gasteiger partial charge < -0.3 is 9.84 Å². The van der Waals surface area contributed by atoms with Gasteiger partial charge in [-0.2, -0.15) is 13.2 Å². The van der Waals surface area contributed by atoms with E-state index in [4.69, 9.17) is 5.11 Å². The summed E-state index contributed by atoms with van der Waals surface area (Å²) in [4.78, 5) is 11.0. The maximum Gasteiger partial charge on any atom is 0.414 e. The Bertz CT molecular complexity index is 229. The van der Waals surface area contributed by atoms with E-state index in [1.165, 1.54) is 0 Å². The largest absolute Gasteiger partial charge is 0.466 e. The molecule has 0 fully saturated rings. The quantitative estimate of drug-likeness (QED) is 0.517. The Kier molecular flexibility index (Phi) is 8.79. The van der Waals surface area contributed by atoms with Gasteiger partial charge in [-0.05, 0) is 6.42 Å². The molecule has 0 amide bonds. The highest BCUT2D eigenvalue weighted by atomic mass is 19.4. The Morgan fingerprint density at radius 2 is 1.72 bits per heavy atom. The second kappa shape index (κ2) is 9.19. The maximum absolute atomic E-state index is 11.9. The normalized spacial score (nSPS) is 13.4. The molecule has 6 heteroatoms. The minimum absolute atomic E-state index is 0.121. The molecule has 108 valence electrons. The molecule has 0 saturated heterocycles. The van der Waals surface area contributed by atoms with Gasteiger partial charge in [0.25, 0.3) is 0 Å². The highest BCUT2D eigenvalue weighted by Gasteiger charge is 2.39. The zero-order valence-electron chi connectivity index (χ0n) is 10.6. The van der Waals surface area contributed by atoms with Gasteiger partial charge in [0.1, 0.15) is 0 Å². The standard InChI is InChI=1S/C12H21F3O3/c1-2-3-4-5-6-7-8-18-11(17)9-10(16)12(13,14)15/h10,16H,2-9H2,1H3. The Hall–Kier alpha value is -0.780. The number of esters is 1. The highest BCUT2D eigenvalue weighted by molar-refractivity contribution is 5.70. The molecule has 0 aromatic carbocycles. The third-order valence-electron chi connectivity index (χ3n) is 2.50. The van der Waals surface area contributed by atoms with Crippen molar-refractivity contribution >= 4 is 5.97 Å². The number of halogens is 3. The number of ether oxygens (including phenoxy) is 1. The Morgan fingerprint density at radius 3 is 2.28 bits per heavy atom. The van der Waals surface area contributed by atoms with Gasteiger partial charge in [0.05, 0.1) is 13.0 Å². The smallest absolute Gasteiger partial charge is 0.414 e. The average Bonchev–Trinajstić information content (AvgIpc) is 2.26. The maximum atomic E-state index is 11.9. The second-order valence-electron chi connectivity index (χ2n) is 4.25. The number of unbranched alkanes of at least 4 members (excludes halogenated alkanes) is 5. The van der Waals surface area contributed by atoms with Crippen LogP contribution < -0.4 is 0 Å².